The molecule has 2 heterocycles. The van der Waals surface area contributed by atoms with Crippen LogP contribution in [0.5, 0.6) is 17.2 Å². The molecule has 0 amide bonds. The van der Waals surface area contributed by atoms with E-state index in [9.17, 15) is 9.59 Å². The van der Waals surface area contributed by atoms with Crippen LogP contribution in [0.2, 0.25) is 0 Å². The highest BCUT2D eigenvalue weighted by molar-refractivity contribution is 5.98. The first-order valence-corrected chi connectivity index (χ1v) is 8.62. The number of Topliss-reactive ketones (excluding diaryl/α,β-unsaturated/α-hetero) is 1. The van der Waals surface area contributed by atoms with E-state index in [1.165, 1.54) is 6.07 Å². The smallest absolute Gasteiger partial charge is 0.336 e. The molecule has 0 bridgehead atoms. The maximum absolute atomic E-state index is 12.5. The Morgan fingerprint density at radius 1 is 1.04 bits per heavy atom. The fraction of sp³-hybridized carbons (Fsp3) is 0.238. The van der Waals surface area contributed by atoms with Crippen LogP contribution in [0.15, 0.2) is 45.6 Å². The topological polar surface area (TPSA) is 75.0 Å². The number of benzene rings is 2. The van der Waals surface area contributed by atoms with Gasteiger partial charge in [0.2, 0.25) is 0 Å². The maximum atomic E-state index is 12.5. The third-order valence-electron chi connectivity index (χ3n) is 4.54. The summed E-state index contributed by atoms with van der Waals surface area (Å²) >= 11 is 0. The van der Waals surface area contributed by atoms with Gasteiger partial charge in [0.25, 0.3) is 0 Å². The zero-order valence-corrected chi connectivity index (χ0v) is 15.0. The van der Waals surface area contributed by atoms with E-state index in [0.717, 1.165) is 10.9 Å². The zero-order valence-electron chi connectivity index (χ0n) is 15.0. The number of ether oxygens (including phenoxy) is 3. The summed E-state index contributed by atoms with van der Waals surface area (Å²) in [4.78, 5) is 24.1. The van der Waals surface area contributed by atoms with Crippen LogP contribution >= 0.6 is 0 Å². The second-order valence-corrected chi connectivity index (χ2v) is 6.38. The summed E-state index contributed by atoms with van der Waals surface area (Å²) in [6.07, 6.45) is 0. The number of aryl methyl sites for hydroxylation is 2. The summed E-state index contributed by atoms with van der Waals surface area (Å²) in [5.74, 6) is 1.51. The standard InChI is InChI=1S/C21H18O6/c1-12-9-20(23)27-21-13(2)17(6-4-15(12)21)26-11-16(22)14-3-5-18-19(10-14)25-8-7-24-18/h3-6,9-10H,7-8,11H2,1-2H3. The normalized spacial score (nSPS) is 12.8. The fourth-order valence-corrected chi connectivity index (χ4v) is 3.10. The predicted molar refractivity (Wildman–Crippen MR) is 99.2 cm³/mol. The van der Waals surface area contributed by atoms with Crippen LogP contribution < -0.4 is 19.8 Å². The lowest BCUT2D eigenvalue weighted by atomic mass is 10.1. The lowest BCUT2D eigenvalue weighted by Gasteiger charge is -2.18. The van der Waals surface area contributed by atoms with Crippen molar-refractivity contribution in [1.29, 1.82) is 0 Å². The van der Waals surface area contributed by atoms with Crippen LogP contribution in [0, 0.1) is 13.8 Å². The molecule has 4 rings (SSSR count). The highest BCUT2D eigenvalue weighted by Crippen LogP contribution is 2.31. The molecule has 0 N–H and O–H groups in total. The highest BCUT2D eigenvalue weighted by atomic mass is 16.6. The van der Waals surface area contributed by atoms with E-state index < -0.39 is 5.63 Å². The first kappa shape index (κ1) is 17.1. The third-order valence-corrected chi connectivity index (χ3v) is 4.54. The van der Waals surface area contributed by atoms with Crippen molar-refractivity contribution in [3.05, 3.63) is 63.5 Å². The van der Waals surface area contributed by atoms with Gasteiger partial charge in [0, 0.05) is 22.6 Å². The number of carbonyl (C=O) groups excluding carboxylic acids is 1. The van der Waals surface area contributed by atoms with E-state index in [0.29, 0.717) is 47.2 Å². The van der Waals surface area contributed by atoms with Crippen LogP contribution in [0.4, 0.5) is 0 Å². The molecule has 1 aliphatic heterocycles. The lowest BCUT2D eigenvalue weighted by Crippen LogP contribution is -2.17. The molecule has 6 nitrogen and oxygen atoms in total. The summed E-state index contributed by atoms with van der Waals surface area (Å²) in [5.41, 5.74) is 2.07. The Labute approximate surface area is 155 Å². The molecular weight excluding hydrogens is 348 g/mol. The van der Waals surface area contributed by atoms with Crippen LogP contribution in [0.1, 0.15) is 21.5 Å². The summed E-state index contributed by atoms with van der Waals surface area (Å²) in [6.45, 7) is 4.48. The Kier molecular flexibility index (Phi) is 4.32. The van der Waals surface area contributed by atoms with Crippen LogP contribution in [0.25, 0.3) is 11.0 Å². The first-order chi connectivity index (χ1) is 13.0. The van der Waals surface area contributed by atoms with Gasteiger partial charge in [-0.05, 0) is 49.7 Å². The van der Waals surface area contributed by atoms with Crippen molar-refractivity contribution in [2.45, 2.75) is 13.8 Å². The molecule has 3 aromatic rings. The average Bonchev–Trinajstić information content (AvgIpc) is 2.67. The molecule has 0 atom stereocenters. The Morgan fingerprint density at radius 3 is 2.63 bits per heavy atom. The molecule has 0 spiro atoms. The number of fused-ring (bicyclic) bond motifs is 2. The number of carbonyl (C=O) groups is 1. The van der Waals surface area contributed by atoms with Gasteiger partial charge in [0.05, 0.1) is 0 Å². The van der Waals surface area contributed by atoms with Gasteiger partial charge in [-0.15, -0.1) is 0 Å². The Bertz CT molecular complexity index is 1100. The predicted octanol–water partition coefficient (Wildman–Crippen LogP) is 3.44. The molecule has 1 aliphatic rings. The van der Waals surface area contributed by atoms with Crippen molar-refractivity contribution in [3.63, 3.8) is 0 Å². The van der Waals surface area contributed by atoms with Gasteiger partial charge in [-0.1, -0.05) is 0 Å². The summed E-state index contributed by atoms with van der Waals surface area (Å²) in [5, 5.41) is 0.845. The van der Waals surface area contributed by atoms with E-state index in [-0.39, 0.29) is 12.4 Å². The van der Waals surface area contributed by atoms with Crippen molar-refractivity contribution in [1.82, 2.24) is 0 Å². The molecule has 0 fully saturated rings. The van der Waals surface area contributed by atoms with Crippen LogP contribution in [0.3, 0.4) is 0 Å². The summed E-state index contributed by atoms with van der Waals surface area (Å²) in [7, 11) is 0. The molecule has 0 unspecified atom stereocenters. The second-order valence-electron chi connectivity index (χ2n) is 6.38. The highest BCUT2D eigenvalue weighted by Gasteiger charge is 2.16. The molecule has 2 aromatic carbocycles. The van der Waals surface area contributed by atoms with Crippen molar-refractivity contribution in [3.8, 4) is 17.2 Å². The number of ketones is 1. The molecule has 0 radical (unpaired) electrons. The Morgan fingerprint density at radius 2 is 1.81 bits per heavy atom. The maximum Gasteiger partial charge on any atom is 0.336 e. The fourth-order valence-electron chi connectivity index (χ4n) is 3.10. The molecule has 0 aliphatic carbocycles. The lowest BCUT2D eigenvalue weighted by molar-refractivity contribution is 0.0920. The minimum absolute atomic E-state index is 0.137. The summed E-state index contributed by atoms with van der Waals surface area (Å²) < 4.78 is 22.0. The number of hydrogen-bond donors (Lipinski definition) is 0. The number of hydrogen-bond acceptors (Lipinski definition) is 6. The Balaban J connectivity index is 1.55. The Hall–Kier alpha value is -3.28. The number of rotatable bonds is 4. The molecule has 0 saturated carbocycles. The van der Waals surface area contributed by atoms with Crippen LogP contribution in [-0.2, 0) is 0 Å². The monoisotopic (exact) mass is 366 g/mol. The van der Waals surface area contributed by atoms with Gasteiger partial charge in [0.1, 0.15) is 24.5 Å². The van der Waals surface area contributed by atoms with Crippen molar-refractivity contribution < 1.29 is 23.4 Å². The van der Waals surface area contributed by atoms with Crippen LogP contribution in [-0.4, -0.2) is 25.6 Å². The van der Waals surface area contributed by atoms with Gasteiger partial charge >= 0.3 is 5.63 Å². The van der Waals surface area contributed by atoms with Gasteiger partial charge in [0.15, 0.2) is 23.9 Å². The molecular formula is C21H18O6. The molecule has 138 valence electrons. The largest absolute Gasteiger partial charge is 0.486 e. The van der Waals surface area contributed by atoms with E-state index in [2.05, 4.69) is 0 Å². The van der Waals surface area contributed by atoms with Crippen molar-refractivity contribution in [2.75, 3.05) is 19.8 Å². The van der Waals surface area contributed by atoms with E-state index in [4.69, 9.17) is 18.6 Å². The quantitative estimate of drug-likeness (QED) is 0.520. The average molecular weight is 366 g/mol. The van der Waals surface area contributed by atoms with E-state index >= 15 is 0 Å². The molecule has 0 saturated heterocycles. The molecule has 6 heteroatoms. The second kappa shape index (κ2) is 6.79. The first-order valence-electron chi connectivity index (χ1n) is 8.62. The van der Waals surface area contributed by atoms with E-state index in [1.807, 2.05) is 13.0 Å². The van der Waals surface area contributed by atoms with Gasteiger partial charge in [-0.25, -0.2) is 4.79 Å². The minimum atomic E-state index is -0.410. The minimum Gasteiger partial charge on any atom is -0.486 e. The molecule has 1 aromatic heterocycles. The third kappa shape index (κ3) is 3.26. The molecule has 27 heavy (non-hydrogen) atoms. The van der Waals surface area contributed by atoms with Crippen molar-refractivity contribution >= 4 is 16.8 Å². The van der Waals surface area contributed by atoms with Gasteiger partial charge in [-0.2, -0.15) is 0 Å². The SMILES string of the molecule is Cc1cc(=O)oc2c(C)c(OCC(=O)c3ccc4c(c3)OCCO4)ccc12. The van der Waals surface area contributed by atoms with E-state index in [1.54, 1.807) is 31.2 Å². The van der Waals surface area contributed by atoms with Gasteiger partial charge < -0.3 is 18.6 Å². The van der Waals surface area contributed by atoms with Crippen molar-refractivity contribution in [2.24, 2.45) is 0 Å². The van der Waals surface area contributed by atoms with Gasteiger partial charge in [-0.3, -0.25) is 4.79 Å². The zero-order chi connectivity index (χ0) is 19.0. The summed E-state index contributed by atoms with van der Waals surface area (Å²) in [6, 6.07) is 10.1.